The van der Waals surface area contributed by atoms with Gasteiger partial charge in [0, 0.05) is 17.5 Å². The molecule has 0 N–H and O–H groups in total. The Labute approximate surface area is 113 Å². The smallest absolute Gasteiger partial charge is 0.169 e. The largest absolute Gasteiger partial charge is 0.294 e. The second kappa shape index (κ2) is 5.14. The van der Waals surface area contributed by atoms with E-state index in [0.717, 1.165) is 28.0 Å². The van der Waals surface area contributed by atoms with Crippen molar-refractivity contribution in [3.63, 3.8) is 0 Å². The summed E-state index contributed by atoms with van der Waals surface area (Å²) in [6.07, 6.45) is 0.395. The number of halogens is 1. The highest BCUT2D eigenvalue weighted by atomic mass is 79.9. The zero-order valence-electron chi connectivity index (χ0n) is 9.74. The van der Waals surface area contributed by atoms with Crippen LogP contribution in [0.25, 0.3) is 0 Å². The average molecular weight is 313 g/mol. The predicted molar refractivity (Wildman–Crippen MR) is 72.7 cm³/mol. The second-order valence-corrected chi connectivity index (χ2v) is 5.35. The molecule has 0 aliphatic heterocycles. The van der Waals surface area contributed by atoms with E-state index in [-0.39, 0.29) is 5.78 Å². The van der Waals surface area contributed by atoms with Crippen LogP contribution in [0.5, 0.6) is 0 Å². The minimum absolute atomic E-state index is 0.140. The molecule has 0 atom stereocenters. The summed E-state index contributed by atoms with van der Waals surface area (Å²) in [5.74, 6) is 0.140. The molecule has 0 aliphatic carbocycles. The maximum atomic E-state index is 12.0. The highest BCUT2D eigenvalue weighted by molar-refractivity contribution is 9.10. The zero-order valence-corrected chi connectivity index (χ0v) is 12.1. The summed E-state index contributed by atoms with van der Waals surface area (Å²) in [4.78, 5) is 12.0. The number of hydrogen-bond donors (Lipinski definition) is 0. The van der Waals surface area contributed by atoms with Crippen LogP contribution in [0.4, 0.5) is 0 Å². The molecular formula is C12H13BrN2OS. The van der Waals surface area contributed by atoms with Gasteiger partial charge in [0.25, 0.3) is 0 Å². The molecule has 0 saturated heterocycles. The normalized spacial score (nSPS) is 10.8. The zero-order chi connectivity index (χ0) is 12.4. The third-order valence-corrected chi connectivity index (χ3v) is 4.34. The number of hydrogen-bond acceptors (Lipinski definition) is 3. The molecule has 0 amide bonds. The third kappa shape index (κ3) is 2.50. The van der Waals surface area contributed by atoms with Gasteiger partial charge in [0.1, 0.15) is 0 Å². The van der Waals surface area contributed by atoms with Gasteiger partial charge < -0.3 is 0 Å². The Balaban J connectivity index is 2.27. The lowest BCUT2D eigenvalue weighted by atomic mass is 10.1. The molecule has 0 aliphatic rings. The molecule has 5 heteroatoms. The van der Waals surface area contributed by atoms with Crippen LogP contribution in [0.1, 0.15) is 28.7 Å². The van der Waals surface area contributed by atoms with Crippen LogP contribution in [-0.4, -0.2) is 15.6 Å². The van der Waals surface area contributed by atoms with Gasteiger partial charge in [0.15, 0.2) is 5.78 Å². The summed E-state index contributed by atoms with van der Waals surface area (Å²) in [5.41, 5.74) is 2.67. The van der Waals surface area contributed by atoms with Gasteiger partial charge in [-0.05, 0) is 41.2 Å². The van der Waals surface area contributed by atoms with E-state index in [1.54, 1.807) is 11.3 Å². The lowest BCUT2D eigenvalue weighted by Crippen LogP contribution is -2.09. The first-order chi connectivity index (χ1) is 8.13. The van der Waals surface area contributed by atoms with E-state index in [4.69, 9.17) is 0 Å². The molecular weight excluding hydrogens is 300 g/mol. The fourth-order valence-electron chi connectivity index (χ4n) is 1.72. The van der Waals surface area contributed by atoms with Crippen molar-refractivity contribution in [2.45, 2.75) is 26.8 Å². The van der Waals surface area contributed by atoms with Gasteiger partial charge in [0.2, 0.25) is 0 Å². The van der Waals surface area contributed by atoms with Crippen LogP contribution in [0.3, 0.4) is 0 Å². The molecule has 0 radical (unpaired) electrons. The van der Waals surface area contributed by atoms with Crippen molar-refractivity contribution < 1.29 is 4.79 Å². The van der Waals surface area contributed by atoms with Crippen molar-refractivity contribution in [2.24, 2.45) is 0 Å². The van der Waals surface area contributed by atoms with Crippen LogP contribution in [0.15, 0.2) is 21.3 Å². The molecule has 3 nitrogen and oxygen atoms in total. The van der Waals surface area contributed by atoms with Gasteiger partial charge in [-0.25, -0.2) is 0 Å². The summed E-state index contributed by atoms with van der Waals surface area (Å²) < 4.78 is 2.83. The van der Waals surface area contributed by atoms with Crippen molar-refractivity contribution in [3.05, 3.63) is 38.3 Å². The molecule has 0 bridgehead atoms. The van der Waals surface area contributed by atoms with Crippen molar-refractivity contribution in [3.8, 4) is 0 Å². The summed E-state index contributed by atoms with van der Waals surface area (Å²) in [5, 5.41) is 8.19. The van der Waals surface area contributed by atoms with Crippen molar-refractivity contribution in [1.82, 2.24) is 9.78 Å². The fourth-order valence-corrected chi connectivity index (χ4v) is 2.80. The Morgan fingerprint density at radius 1 is 1.59 bits per heavy atom. The van der Waals surface area contributed by atoms with Gasteiger partial charge in [-0.1, -0.05) is 0 Å². The highest BCUT2D eigenvalue weighted by Gasteiger charge is 2.16. The highest BCUT2D eigenvalue weighted by Crippen LogP contribution is 2.23. The number of carbonyl (C=O) groups is 1. The molecule has 0 saturated carbocycles. The van der Waals surface area contributed by atoms with Crippen LogP contribution in [0, 0.1) is 6.92 Å². The summed E-state index contributed by atoms with van der Waals surface area (Å²) in [7, 11) is 0. The number of nitrogens with zero attached hydrogens (tertiary/aromatic N) is 2. The van der Waals surface area contributed by atoms with Crippen LogP contribution < -0.4 is 0 Å². The SMILES string of the molecule is CCn1nc(C)c(Br)c1CC(=O)c1ccsc1. The molecule has 2 heterocycles. The number of rotatable bonds is 4. The van der Waals surface area contributed by atoms with Gasteiger partial charge in [-0.3, -0.25) is 9.48 Å². The minimum Gasteiger partial charge on any atom is -0.294 e. The fraction of sp³-hybridized carbons (Fsp3) is 0.333. The first-order valence-electron chi connectivity index (χ1n) is 5.40. The topological polar surface area (TPSA) is 34.9 Å². The molecule has 0 aromatic carbocycles. The maximum Gasteiger partial charge on any atom is 0.169 e. The average Bonchev–Trinajstić information content (AvgIpc) is 2.92. The van der Waals surface area contributed by atoms with E-state index in [2.05, 4.69) is 21.0 Å². The standard InChI is InChI=1S/C12H13BrN2OS/c1-3-15-10(12(13)8(2)14-15)6-11(16)9-4-5-17-7-9/h4-5,7H,3,6H2,1-2H3. The number of Topliss-reactive ketones (excluding diaryl/α,β-unsaturated/α-hetero) is 1. The van der Waals surface area contributed by atoms with Crippen LogP contribution in [-0.2, 0) is 13.0 Å². The minimum atomic E-state index is 0.140. The Morgan fingerprint density at radius 2 is 2.35 bits per heavy atom. The number of thiophene rings is 1. The molecule has 2 rings (SSSR count). The predicted octanol–water partition coefficient (Wildman–Crippen LogP) is 3.46. The van der Waals surface area contributed by atoms with Crippen molar-refractivity contribution in [2.75, 3.05) is 0 Å². The van der Waals surface area contributed by atoms with Gasteiger partial charge in [-0.2, -0.15) is 16.4 Å². The molecule has 0 unspecified atom stereocenters. The van der Waals surface area contributed by atoms with Crippen LogP contribution >= 0.6 is 27.3 Å². The van der Waals surface area contributed by atoms with E-state index in [1.165, 1.54) is 0 Å². The van der Waals surface area contributed by atoms with Crippen molar-refractivity contribution >= 4 is 33.0 Å². The Kier molecular flexibility index (Phi) is 3.79. The number of aromatic nitrogens is 2. The van der Waals surface area contributed by atoms with Gasteiger partial charge >= 0.3 is 0 Å². The monoisotopic (exact) mass is 312 g/mol. The summed E-state index contributed by atoms with van der Waals surface area (Å²) >= 11 is 5.04. The van der Waals surface area contributed by atoms with Gasteiger partial charge in [0.05, 0.1) is 22.3 Å². The Hall–Kier alpha value is -0.940. The summed E-state index contributed by atoms with van der Waals surface area (Å²) in [6.45, 7) is 4.74. The van der Waals surface area contributed by atoms with E-state index < -0.39 is 0 Å². The molecule has 0 spiro atoms. The first-order valence-corrected chi connectivity index (χ1v) is 7.14. The third-order valence-electron chi connectivity index (χ3n) is 2.62. The molecule has 2 aromatic rings. The second-order valence-electron chi connectivity index (χ2n) is 3.77. The van der Waals surface area contributed by atoms with E-state index in [0.29, 0.717) is 6.42 Å². The number of aryl methyl sites for hydroxylation is 2. The Bertz CT molecular complexity index is 531. The maximum absolute atomic E-state index is 12.0. The summed E-state index contributed by atoms with van der Waals surface area (Å²) in [6, 6.07) is 1.86. The first kappa shape index (κ1) is 12.5. The number of ketones is 1. The molecule has 0 fully saturated rings. The lowest BCUT2D eigenvalue weighted by molar-refractivity contribution is 0.0991. The quantitative estimate of drug-likeness (QED) is 0.810. The van der Waals surface area contributed by atoms with E-state index >= 15 is 0 Å². The lowest BCUT2D eigenvalue weighted by Gasteiger charge is -2.04. The van der Waals surface area contributed by atoms with E-state index in [9.17, 15) is 4.79 Å². The molecule has 90 valence electrons. The molecule has 2 aromatic heterocycles. The Morgan fingerprint density at radius 3 is 2.94 bits per heavy atom. The molecule has 17 heavy (non-hydrogen) atoms. The number of carbonyl (C=O) groups excluding carboxylic acids is 1. The van der Waals surface area contributed by atoms with Crippen molar-refractivity contribution in [1.29, 1.82) is 0 Å². The van der Waals surface area contributed by atoms with E-state index in [1.807, 2.05) is 35.4 Å². The van der Waals surface area contributed by atoms with Crippen LogP contribution in [0.2, 0.25) is 0 Å². The van der Waals surface area contributed by atoms with Gasteiger partial charge in [-0.15, -0.1) is 0 Å².